The van der Waals surface area contributed by atoms with Gasteiger partial charge in [0.25, 0.3) is 5.91 Å². The molecule has 0 spiro atoms. The fraction of sp³-hybridized carbons (Fsp3) is 0.462. The Morgan fingerprint density at radius 3 is 2.47 bits per heavy atom. The van der Waals surface area contributed by atoms with Crippen LogP contribution in [0.5, 0.6) is 0 Å². The third kappa shape index (κ3) is 6.12. The van der Waals surface area contributed by atoms with Crippen LogP contribution >= 0.6 is 11.6 Å². The molecule has 0 atom stereocenters. The van der Waals surface area contributed by atoms with Crippen molar-refractivity contribution < 1.29 is 18.0 Å². The summed E-state index contributed by atoms with van der Waals surface area (Å²) < 4.78 is 41.0. The van der Waals surface area contributed by atoms with E-state index in [0.717, 1.165) is 17.7 Å². The molecule has 0 saturated carbocycles. The summed E-state index contributed by atoms with van der Waals surface area (Å²) in [6.45, 7) is 4.78. The number of carbonyl (C=O) groups is 1. The van der Waals surface area contributed by atoms with Gasteiger partial charge in [0.05, 0.1) is 11.3 Å². The highest BCUT2D eigenvalue weighted by molar-refractivity contribution is 6.45. The molecule has 184 valence electrons. The lowest BCUT2D eigenvalue weighted by Crippen LogP contribution is -2.44. The van der Waals surface area contributed by atoms with Crippen LogP contribution in [0.25, 0.3) is 0 Å². The predicted molar refractivity (Wildman–Crippen MR) is 131 cm³/mol. The lowest BCUT2D eigenvalue weighted by atomic mass is 9.84. The number of nitrogens with one attached hydrogen (secondary N) is 1. The first-order valence-corrected chi connectivity index (χ1v) is 12.2. The summed E-state index contributed by atoms with van der Waals surface area (Å²) in [6.07, 6.45) is 10.9. The van der Waals surface area contributed by atoms with E-state index in [0.29, 0.717) is 61.5 Å². The van der Waals surface area contributed by atoms with Gasteiger partial charge in [-0.2, -0.15) is 18.3 Å². The van der Waals surface area contributed by atoms with Crippen LogP contribution < -0.4 is 5.43 Å². The van der Waals surface area contributed by atoms with Crippen molar-refractivity contribution in [2.75, 3.05) is 13.1 Å². The summed E-state index contributed by atoms with van der Waals surface area (Å²) in [7, 11) is 0. The molecule has 34 heavy (non-hydrogen) atoms. The molecule has 1 amide bonds. The van der Waals surface area contributed by atoms with Crippen LogP contribution in [0.15, 0.2) is 75.1 Å². The molecule has 0 unspecified atom stereocenters. The van der Waals surface area contributed by atoms with Gasteiger partial charge in [0.1, 0.15) is 0 Å². The van der Waals surface area contributed by atoms with Gasteiger partial charge >= 0.3 is 6.18 Å². The van der Waals surface area contributed by atoms with Gasteiger partial charge in [-0.15, -0.1) is 0 Å². The number of likely N-dealkylation sites (tertiary alicyclic amines) is 1. The Labute approximate surface area is 204 Å². The summed E-state index contributed by atoms with van der Waals surface area (Å²) in [6, 6.07) is 0. The van der Waals surface area contributed by atoms with Crippen molar-refractivity contribution in [1.29, 1.82) is 0 Å². The van der Waals surface area contributed by atoms with Gasteiger partial charge in [-0.1, -0.05) is 68.0 Å². The number of hydrazone groups is 1. The molecular weight excluding hydrogens is 463 g/mol. The summed E-state index contributed by atoms with van der Waals surface area (Å²) in [4.78, 5) is 14.9. The number of hydrogen-bond acceptors (Lipinski definition) is 3. The maximum atomic E-state index is 13.7. The van der Waals surface area contributed by atoms with Gasteiger partial charge in [-0.3, -0.25) is 10.2 Å². The largest absolute Gasteiger partial charge is 0.416 e. The molecule has 0 radical (unpaired) electrons. The van der Waals surface area contributed by atoms with E-state index in [2.05, 4.69) is 10.5 Å². The summed E-state index contributed by atoms with van der Waals surface area (Å²) in [5, 5.41) is 4.93. The zero-order valence-corrected chi connectivity index (χ0v) is 20.3. The number of hydrogen-bond donors (Lipinski definition) is 1. The molecule has 2 bridgehead atoms. The SMILES string of the molecule is CC.O=C(C1=NN/C2=C(\Cl)C/C=C\C=C\1C2)N1CCC(C2=C(\C(F)(F)F)C=CCC/C=C\2)CC1. The molecule has 1 saturated heterocycles. The molecule has 4 nitrogen and oxygen atoms in total. The smallest absolute Gasteiger partial charge is 0.337 e. The van der Waals surface area contributed by atoms with Gasteiger partial charge in [0, 0.05) is 31.0 Å². The van der Waals surface area contributed by atoms with E-state index in [1.807, 2.05) is 38.2 Å². The fourth-order valence-corrected chi connectivity index (χ4v) is 4.61. The number of rotatable bonds is 2. The van der Waals surface area contributed by atoms with Crippen LogP contribution in [0, 0.1) is 5.92 Å². The van der Waals surface area contributed by atoms with E-state index in [-0.39, 0.29) is 11.8 Å². The van der Waals surface area contributed by atoms with Crippen molar-refractivity contribution in [2.45, 2.75) is 58.5 Å². The number of allylic oxidation sites excluding steroid dienone is 11. The van der Waals surface area contributed by atoms with Gasteiger partial charge < -0.3 is 4.90 Å². The Morgan fingerprint density at radius 2 is 1.79 bits per heavy atom. The molecular formula is C26H31ClF3N3O. The number of nitrogens with zero attached hydrogens (tertiary/aromatic N) is 2. The lowest BCUT2D eigenvalue weighted by molar-refractivity contribution is -0.125. The van der Waals surface area contributed by atoms with E-state index in [1.54, 1.807) is 17.1 Å². The molecule has 0 aromatic heterocycles. The normalized spacial score (nSPS) is 29.1. The summed E-state index contributed by atoms with van der Waals surface area (Å²) in [5.74, 6) is -0.442. The lowest BCUT2D eigenvalue weighted by Gasteiger charge is -2.34. The number of amides is 1. The van der Waals surface area contributed by atoms with Crippen LogP contribution in [0.4, 0.5) is 13.2 Å². The van der Waals surface area contributed by atoms with E-state index >= 15 is 0 Å². The summed E-state index contributed by atoms with van der Waals surface area (Å²) in [5.41, 5.74) is 4.57. The first kappa shape index (κ1) is 26.1. The highest BCUT2D eigenvalue weighted by atomic mass is 35.5. The van der Waals surface area contributed by atoms with Crippen LogP contribution in [0.1, 0.15) is 52.4 Å². The third-order valence-electron chi connectivity index (χ3n) is 6.15. The van der Waals surface area contributed by atoms with E-state index < -0.39 is 11.7 Å². The topological polar surface area (TPSA) is 44.7 Å². The van der Waals surface area contributed by atoms with Crippen molar-refractivity contribution in [3.8, 4) is 0 Å². The van der Waals surface area contributed by atoms with Gasteiger partial charge in [0.15, 0.2) is 5.71 Å². The maximum Gasteiger partial charge on any atom is 0.416 e. The summed E-state index contributed by atoms with van der Waals surface area (Å²) >= 11 is 6.27. The molecule has 2 aliphatic carbocycles. The van der Waals surface area contributed by atoms with Gasteiger partial charge in [-0.25, -0.2) is 0 Å². The first-order valence-electron chi connectivity index (χ1n) is 11.9. The van der Waals surface area contributed by atoms with Crippen LogP contribution in [-0.4, -0.2) is 35.8 Å². The minimum absolute atomic E-state index is 0.204. The average Bonchev–Trinajstić information content (AvgIpc) is 2.81. The van der Waals surface area contributed by atoms with Crippen LogP contribution in [-0.2, 0) is 4.79 Å². The molecule has 8 heteroatoms. The zero-order chi connectivity index (χ0) is 24.7. The number of alkyl halides is 3. The zero-order valence-electron chi connectivity index (χ0n) is 19.6. The van der Waals surface area contributed by atoms with Crippen LogP contribution in [0.2, 0.25) is 0 Å². The maximum absolute atomic E-state index is 13.7. The fourth-order valence-electron chi connectivity index (χ4n) is 4.41. The minimum Gasteiger partial charge on any atom is -0.337 e. The van der Waals surface area contributed by atoms with E-state index in [4.69, 9.17) is 11.6 Å². The predicted octanol–water partition coefficient (Wildman–Crippen LogP) is 6.70. The molecule has 0 aromatic rings. The molecule has 4 aliphatic rings. The van der Waals surface area contributed by atoms with Crippen molar-refractivity contribution in [3.05, 3.63) is 70.0 Å². The van der Waals surface area contributed by atoms with Crippen molar-refractivity contribution in [3.63, 3.8) is 0 Å². The van der Waals surface area contributed by atoms with Crippen LogP contribution in [0.3, 0.4) is 0 Å². The average molecular weight is 494 g/mol. The Morgan fingerprint density at radius 1 is 1.12 bits per heavy atom. The minimum atomic E-state index is -4.40. The Hall–Kier alpha value is -2.54. The highest BCUT2D eigenvalue weighted by Crippen LogP contribution is 2.37. The van der Waals surface area contributed by atoms with Crippen molar-refractivity contribution in [2.24, 2.45) is 11.0 Å². The molecule has 1 fully saturated rings. The van der Waals surface area contributed by atoms with E-state index in [1.165, 1.54) is 6.08 Å². The Balaban J connectivity index is 0.00000158. The second kappa shape index (κ2) is 11.7. The number of piperidine rings is 1. The van der Waals surface area contributed by atoms with Gasteiger partial charge in [-0.05, 0) is 42.7 Å². The molecule has 2 heterocycles. The van der Waals surface area contributed by atoms with Gasteiger partial charge in [0.2, 0.25) is 0 Å². The first-order chi connectivity index (χ1) is 16.3. The highest BCUT2D eigenvalue weighted by Gasteiger charge is 2.37. The number of fused-ring (bicyclic) bond motifs is 2. The molecule has 1 N–H and O–H groups in total. The second-order valence-corrected chi connectivity index (χ2v) is 8.73. The number of halogens is 4. The Kier molecular flexibility index (Phi) is 9.00. The molecule has 4 rings (SSSR count). The molecule has 2 aliphatic heterocycles. The quantitative estimate of drug-likeness (QED) is 0.465. The van der Waals surface area contributed by atoms with E-state index in [9.17, 15) is 18.0 Å². The standard InChI is InChI=1S/C24H25ClF3N3O.C2H6/c25-20-10-6-5-7-17-15-21(20)29-30-22(17)23(32)31-13-11-16(12-14-31)18-8-3-1-2-4-9-19(18)24(26,27)28;1-2/h3-9,16,29H,1-2,10-15H2;1-2H3/b6-5-,8-3-,9-4?,17-7+,19-18-,21-20-;. The monoisotopic (exact) mass is 493 g/mol. The Bertz CT molecular complexity index is 991. The van der Waals surface area contributed by atoms with Crippen molar-refractivity contribution >= 4 is 23.2 Å². The third-order valence-corrected chi connectivity index (χ3v) is 6.54. The number of carbonyl (C=O) groups excluding carboxylic acids is 1. The molecule has 0 aromatic carbocycles. The van der Waals surface area contributed by atoms with Crippen molar-refractivity contribution in [1.82, 2.24) is 10.3 Å². The second-order valence-electron chi connectivity index (χ2n) is 8.27.